The third kappa shape index (κ3) is 7.12. The number of amides is 4. The summed E-state index contributed by atoms with van der Waals surface area (Å²) in [6, 6.07) is 7.66. The molecule has 0 spiro atoms. The van der Waals surface area contributed by atoms with Crippen molar-refractivity contribution in [2.24, 2.45) is 0 Å². The Balaban J connectivity index is 1.07. The fraction of sp³-hybridized carbons (Fsp3) is 0.581. The van der Waals surface area contributed by atoms with Gasteiger partial charge in [0, 0.05) is 62.7 Å². The van der Waals surface area contributed by atoms with Gasteiger partial charge >= 0.3 is 12.1 Å². The number of urea groups is 1. The van der Waals surface area contributed by atoms with Crippen molar-refractivity contribution in [3.05, 3.63) is 50.1 Å². The molecule has 10 nitrogen and oxygen atoms in total. The second kappa shape index (κ2) is 13.8. The van der Waals surface area contributed by atoms with Gasteiger partial charge in [-0.15, -0.1) is 11.3 Å². The van der Waals surface area contributed by atoms with Crippen molar-refractivity contribution < 1.29 is 19.1 Å². The summed E-state index contributed by atoms with van der Waals surface area (Å²) in [4.78, 5) is 51.4. The highest BCUT2D eigenvalue weighted by Gasteiger charge is 2.37. The van der Waals surface area contributed by atoms with Crippen molar-refractivity contribution in [2.45, 2.75) is 56.8 Å². The van der Waals surface area contributed by atoms with E-state index in [1.165, 1.54) is 0 Å². The number of piperazine rings is 1. The van der Waals surface area contributed by atoms with Crippen LogP contribution in [0.4, 0.5) is 15.3 Å². The van der Waals surface area contributed by atoms with Crippen LogP contribution >= 0.6 is 34.5 Å². The van der Waals surface area contributed by atoms with Gasteiger partial charge in [-0.05, 0) is 75.0 Å². The van der Waals surface area contributed by atoms with E-state index in [0.717, 1.165) is 55.1 Å². The molecule has 5 heterocycles. The molecule has 3 fully saturated rings. The Morgan fingerprint density at radius 1 is 0.932 bits per heavy atom. The van der Waals surface area contributed by atoms with E-state index in [4.69, 9.17) is 27.9 Å². The van der Waals surface area contributed by atoms with Gasteiger partial charge in [0.1, 0.15) is 0 Å². The lowest BCUT2D eigenvalue weighted by Gasteiger charge is -2.43. The second-order valence-corrected chi connectivity index (χ2v) is 14.1. The van der Waals surface area contributed by atoms with Gasteiger partial charge in [-0.25, -0.2) is 9.59 Å². The van der Waals surface area contributed by atoms with Gasteiger partial charge < -0.3 is 29.7 Å². The van der Waals surface area contributed by atoms with E-state index in [9.17, 15) is 14.4 Å². The molecule has 44 heavy (non-hydrogen) atoms. The quantitative estimate of drug-likeness (QED) is 0.476. The summed E-state index contributed by atoms with van der Waals surface area (Å²) < 4.78 is 5.98. The van der Waals surface area contributed by atoms with Crippen LogP contribution in [-0.2, 0) is 22.5 Å². The minimum absolute atomic E-state index is 0.0313. The van der Waals surface area contributed by atoms with Gasteiger partial charge in [0.2, 0.25) is 0 Å². The van der Waals surface area contributed by atoms with E-state index in [1.807, 2.05) is 27.3 Å². The number of ether oxygens (including phenoxy) is 1. The molecule has 238 valence electrons. The number of likely N-dealkylation sites (tertiary alicyclic amines) is 2. The molecule has 0 bridgehead atoms. The number of piperidine rings is 2. The number of nitrogens with one attached hydrogen (secondary N) is 1. The normalized spacial score (nSPS) is 21.6. The lowest BCUT2D eigenvalue weighted by Crippen LogP contribution is -2.56. The van der Waals surface area contributed by atoms with Gasteiger partial charge in [0.15, 0.2) is 6.10 Å². The molecule has 0 saturated carbocycles. The van der Waals surface area contributed by atoms with Crippen molar-refractivity contribution in [2.75, 3.05) is 64.7 Å². The zero-order valence-corrected chi connectivity index (χ0v) is 27.4. The molecule has 1 N–H and O–H groups in total. The number of nitrogens with zero attached hydrogens (tertiary/aromatic N) is 5. The molecular weight excluding hydrogens is 623 g/mol. The second-order valence-electron chi connectivity index (χ2n) is 12.3. The Morgan fingerprint density at radius 2 is 1.64 bits per heavy atom. The SMILES string of the molecule is CN1CCC(N2CCN(C(=O)[C@@H](Cc3ccc(Cl)c(Cl)c3)OC(=O)N3CCC(N4Cc5sccc5NC4=O)CC3)CC2)CC1. The standard InChI is InChI=1S/C31H40Cl2N6O4S/c1-35-9-4-22(5-10-35)36-13-15-37(16-14-36)29(40)27(19-21-2-3-24(32)25(33)18-21)43-31(42)38-11-6-23(7-12-38)39-20-28-26(8-17-44-28)34-30(39)41/h2-3,8,17-18,22-23,27H,4-7,9-16,19-20H2,1H3,(H,34,41)/t27-/m1/s1. The monoisotopic (exact) mass is 662 g/mol. The number of hydrogen-bond acceptors (Lipinski definition) is 7. The van der Waals surface area contributed by atoms with Gasteiger partial charge in [-0.2, -0.15) is 0 Å². The Morgan fingerprint density at radius 3 is 2.34 bits per heavy atom. The first-order chi connectivity index (χ1) is 21.2. The van der Waals surface area contributed by atoms with Gasteiger partial charge in [0.05, 0.1) is 22.3 Å². The van der Waals surface area contributed by atoms with Crippen molar-refractivity contribution >= 4 is 58.3 Å². The number of carbonyl (C=O) groups is 3. The van der Waals surface area contributed by atoms with Crippen LogP contribution in [0.3, 0.4) is 0 Å². The van der Waals surface area contributed by atoms with Crippen molar-refractivity contribution in [3.8, 4) is 0 Å². The highest BCUT2D eigenvalue weighted by molar-refractivity contribution is 7.10. The summed E-state index contributed by atoms with van der Waals surface area (Å²) in [7, 11) is 2.16. The van der Waals surface area contributed by atoms with Gasteiger partial charge in [-0.3, -0.25) is 9.69 Å². The molecule has 0 unspecified atom stereocenters. The summed E-state index contributed by atoms with van der Waals surface area (Å²) in [5.74, 6) is -0.181. The number of hydrogen-bond donors (Lipinski definition) is 1. The number of halogens is 2. The zero-order chi connectivity index (χ0) is 30.8. The molecule has 0 aliphatic carbocycles. The topological polar surface area (TPSA) is 88.7 Å². The average molecular weight is 664 g/mol. The van der Waals surface area contributed by atoms with E-state index in [2.05, 4.69) is 22.2 Å². The first kappa shape index (κ1) is 31.4. The van der Waals surface area contributed by atoms with Crippen molar-refractivity contribution in [3.63, 3.8) is 0 Å². The summed E-state index contributed by atoms with van der Waals surface area (Å²) in [6.45, 7) is 6.54. The number of carbonyl (C=O) groups excluding carboxylic acids is 3. The fourth-order valence-corrected chi connectivity index (χ4v) is 7.92. The van der Waals surface area contributed by atoms with E-state index in [-0.39, 0.29) is 24.4 Å². The van der Waals surface area contributed by atoms with Crippen LogP contribution in [-0.4, -0.2) is 120 Å². The van der Waals surface area contributed by atoms with Crippen LogP contribution in [0.5, 0.6) is 0 Å². The minimum atomic E-state index is -0.975. The van der Waals surface area contributed by atoms with Crippen LogP contribution in [0.2, 0.25) is 10.0 Å². The number of benzene rings is 1. The largest absolute Gasteiger partial charge is 0.436 e. The predicted molar refractivity (Wildman–Crippen MR) is 173 cm³/mol. The number of thiophene rings is 1. The third-order valence-electron chi connectivity index (χ3n) is 9.48. The maximum atomic E-state index is 13.9. The Hall–Kier alpha value is -2.57. The molecule has 3 saturated heterocycles. The van der Waals surface area contributed by atoms with Gasteiger partial charge in [0.25, 0.3) is 5.91 Å². The molecule has 6 rings (SSSR count). The average Bonchev–Trinajstić information content (AvgIpc) is 3.49. The molecule has 4 aliphatic heterocycles. The molecule has 4 amide bonds. The number of rotatable bonds is 6. The molecule has 2 aromatic rings. The first-order valence-corrected chi connectivity index (χ1v) is 17.1. The predicted octanol–water partition coefficient (Wildman–Crippen LogP) is 4.85. The molecule has 1 aromatic heterocycles. The van der Waals surface area contributed by atoms with Gasteiger partial charge in [-0.1, -0.05) is 29.3 Å². The molecule has 1 aromatic carbocycles. The smallest absolute Gasteiger partial charge is 0.410 e. The van der Waals surface area contributed by atoms with Crippen LogP contribution in [0.25, 0.3) is 0 Å². The van der Waals surface area contributed by atoms with Crippen LogP contribution < -0.4 is 5.32 Å². The summed E-state index contributed by atoms with van der Waals surface area (Å²) >= 11 is 14.0. The molecular formula is C31H40Cl2N6O4S. The maximum Gasteiger partial charge on any atom is 0.410 e. The summed E-state index contributed by atoms with van der Waals surface area (Å²) in [5, 5.41) is 5.78. The third-order valence-corrected chi connectivity index (χ3v) is 11.1. The lowest BCUT2D eigenvalue weighted by molar-refractivity contribution is -0.143. The summed E-state index contributed by atoms with van der Waals surface area (Å²) in [5.41, 5.74) is 1.66. The van der Waals surface area contributed by atoms with E-state index in [0.29, 0.717) is 61.7 Å². The maximum absolute atomic E-state index is 13.9. The van der Waals surface area contributed by atoms with Crippen LogP contribution in [0.15, 0.2) is 29.6 Å². The van der Waals surface area contributed by atoms with Crippen molar-refractivity contribution in [1.82, 2.24) is 24.5 Å². The summed E-state index contributed by atoms with van der Waals surface area (Å²) in [6.07, 6.45) is 2.32. The lowest BCUT2D eigenvalue weighted by atomic mass is 10.0. The number of fused-ring (bicyclic) bond motifs is 1. The van der Waals surface area contributed by atoms with E-state index < -0.39 is 12.2 Å². The highest BCUT2D eigenvalue weighted by atomic mass is 35.5. The highest BCUT2D eigenvalue weighted by Crippen LogP contribution is 2.32. The fourth-order valence-electron chi connectivity index (χ4n) is 6.77. The molecule has 4 aliphatic rings. The van der Waals surface area contributed by atoms with Crippen LogP contribution in [0, 0.1) is 0 Å². The Labute approximate surface area is 272 Å². The van der Waals surface area contributed by atoms with Crippen molar-refractivity contribution in [1.29, 1.82) is 0 Å². The minimum Gasteiger partial charge on any atom is -0.436 e. The number of anilines is 1. The molecule has 0 radical (unpaired) electrons. The Kier molecular flexibility index (Phi) is 9.87. The molecule has 1 atom stereocenters. The Bertz CT molecular complexity index is 1350. The first-order valence-electron chi connectivity index (χ1n) is 15.5. The van der Waals surface area contributed by atoms with Crippen LogP contribution in [0.1, 0.15) is 36.1 Å². The molecule has 13 heteroatoms. The zero-order valence-electron chi connectivity index (χ0n) is 25.1. The van der Waals surface area contributed by atoms with E-state index >= 15 is 0 Å². The van der Waals surface area contributed by atoms with E-state index in [1.54, 1.807) is 28.4 Å².